The molecule has 0 spiro atoms. The molecule has 23 heavy (non-hydrogen) atoms. The van der Waals surface area contributed by atoms with Gasteiger partial charge in [0.1, 0.15) is 0 Å². The van der Waals surface area contributed by atoms with Crippen LogP contribution in [0.2, 0.25) is 0 Å². The van der Waals surface area contributed by atoms with Crippen molar-refractivity contribution in [3.63, 3.8) is 0 Å². The third-order valence-corrected chi connectivity index (χ3v) is 5.52. The lowest BCUT2D eigenvalue weighted by molar-refractivity contribution is -0.122. The number of thiazole rings is 1. The van der Waals surface area contributed by atoms with Crippen molar-refractivity contribution in [2.24, 2.45) is 5.73 Å². The van der Waals surface area contributed by atoms with E-state index in [0.717, 1.165) is 16.8 Å². The van der Waals surface area contributed by atoms with Crippen LogP contribution in [-0.4, -0.2) is 39.6 Å². The number of aliphatic hydroxyl groups excluding tert-OH is 1. The van der Waals surface area contributed by atoms with Gasteiger partial charge in [-0.25, -0.2) is 4.98 Å². The molecular weight excluding hydrogens is 310 g/mol. The number of likely N-dealkylation sites (tertiary alicyclic amines) is 1. The Labute approximate surface area is 139 Å². The quantitative estimate of drug-likeness (QED) is 0.899. The van der Waals surface area contributed by atoms with Crippen LogP contribution in [0.4, 0.5) is 0 Å². The van der Waals surface area contributed by atoms with E-state index in [-0.39, 0.29) is 11.9 Å². The van der Waals surface area contributed by atoms with Crippen molar-refractivity contribution >= 4 is 17.2 Å². The Hall–Kier alpha value is -1.76. The minimum absolute atomic E-state index is 0.0289. The molecule has 3 rings (SSSR count). The van der Waals surface area contributed by atoms with E-state index in [1.54, 1.807) is 11.3 Å². The Bertz CT molecular complexity index is 698. The number of benzene rings is 1. The first kappa shape index (κ1) is 16.1. The molecule has 1 fully saturated rings. The number of nitrogens with zero attached hydrogens (tertiary/aromatic N) is 2. The first-order valence-corrected chi connectivity index (χ1v) is 8.59. The minimum atomic E-state index is -0.492. The second-order valence-electron chi connectivity index (χ2n) is 6.07. The molecule has 5 nitrogen and oxygen atoms in total. The number of nitrogens with two attached hydrogens (primary N) is 1. The topological polar surface area (TPSA) is 79.4 Å². The number of hydrogen-bond donors (Lipinski definition) is 2. The van der Waals surface area contributed by atoms with Gasteiger partial charge in [-0.2, -0.15) is 0 Å². The number of aromatic nitrogens is 1. The Morgan fingerprint density at radius 2 is 2.13 bits per heavy atom. The van der Waals surface area contributed by atoms with E-state index in [9.17, 15) is 9.90 Å². The highest BCUT2D eigenvalue weighted by Crippen LogP contribution is 2.32. The summed E-state index contributed by atoms with van der Waals surface area (Å²) in [5.41, 5.74) is 10.6. The standard InChI is InChI=1S/C17H21N3O2S/c1-10-16(23-9-19-10)13-5-3-12(4-6-13)11(2)20-8-14(21)7-15(20)17(18)22/h3-6,9,11,14-15,21H,7-8H2,1-2H3,(H2,18,22)/t11-,14+,15-/m0/s1. The van der Waals surface area contributed by atoms with E-state index in [1.165, 1.54) is 4.88 Å². The number of hydrogen-bond acceptors (Lipinski definition) is 5. The van der Waals surface area contributed by atoms with Gasteiger partial charge >= 0.3 is 0 Å². The summed E-state index contributed by atoms with van der Waals surface area (Å²) in [4.78, 5) is 19.0. The Morgan fingerprint density at radius 1 is 1.43 bits per heavy atom. The first-order valence-electron chi connectivity index (χ1n) is 7.71. The second-order valence-corrected chi connectivity index (χ2v) is 6.92. The highest BCUT2D eigenvalue weighted by molar-refractivity contribution is 7.13. The maximum atomic E-state index is 11.6. The fourth-order valence-corrected chi connectivity index (χ4v) is 4.04. The van der Waals surface area contributed by atoms with Gasteiger partial charge in [-0.05, 0) is 31.4 Å². The zero-order valence-corrected chi connectivity index (χ0v) is 14.1. The van der Waals surface area contributed by atoms with Gasteiger partial charge in [-0.15, -0.1) is 11.3 Å². The van der Waals surface area contributed by atoms with Gasteiger partial charge in [-0.1, -0.05) is 24.3 Å². The van der Waals surface area contributed by atoms with Gasteiger partial charge < -0.3 is 10.8 Å². The molecule has 0 radical (unpaired) electrons. The molecule has 1 amide bonds. The van der Waals surface area contributed by atoms with E-state index < -0.39 is 12.1 Å². The smallest absolute Gasteiger partial charge is 0.234 e. The molecule has 0 unspecified atom stereocenters. The number of aliphatic hydroxyl groups is 1. The molecule has 6 heteroatoms. The van der Waals surface area contributed by atoms with Crippen molar-refractivity contribution in [1.82, 2.24) is 9.88 Å². The molecule has 2 heterocycles. The molecule has 2 aromatic rings. The summed E-state index contributed by atoms with van der Waals surface area (Å²) in [6.45, 7) is 4.52. The number of rotatable bonds is 4. The Morgan fingerprint density at radius 3 is 2.70 bits per heavy atom. The summed E-state index contributed by atoms with van der Waals surface area (Å²) < 4.78 is 0. The van der Waals surface area contributed by atoms with E-state index in [0.29, 0.717) is 13.0 Å². The maximum Gasteiger partial charge on any atom is 0.234 e. The average molecular weight is 331 g/mol. The van der Waals surface area contributed by atoms with Crippen LogP contribution < -0.4 is 5.73 Å². The number of aryl methyl sites for hydroxylation is 1. The van der Waals surface area contributed by atoms with Crippen LogP contribution in [0.3, 0.4) is 0 Å². The van der Waals surface area contributed by atoms with E-state index in [4.69, 9.17) is 5.73 Å². The maximum absolute atomic E-state index is 11.6. The van der Waals surface area contributed by atoms with Crippen LogP contribution in [0.1, 0.15) is 30.6 Å². The largest absolute Gasteiger partial charge is 0.392 e. The van der Waals surface area contributed by atoms with Crippen molar-refractivity contribution in [1.29, 1.82) is 0 Å². The number of primary amides is 1. The Balaban J connectivity index is 1.81. The SMILES string of the molecule is Cc1ncsc1-c1ccc([C@H](C)N2C[C@H](O)C[C@H]2C(N)=O)cc1. The predicted molar refractivity (Wildman–Crippen MR) is 91.0 cm³/mol. The van der Waals surface area contributed by atoms with Gasteiger partial charge in [0.05, 0.1) is 28.2 Å². The van der Waals surface area contributed by atoms with Gasteiger partial charge in [0.15, 0.2) is 0 Å². The van der Waals surface area contributed by atoms with Crippen molar-refractivity contribution in [2.75, 3.05) is 6.54 Å². The fourth-order valence-electron chi connectivity index (χ4n) is 3.23. The summed E-state index contributed by atoms with van der Waals surface area (Å²) in [5, 5.41) is 9.86. The predicted octanol–water partition coefficient (Wildman–Crippen LogP) is 2.10. The number of carbonyl (C=O) groups is 1. The van der Waals surface area contributed by atoms with Gasteiger partial charge in [0.25, 0.3) is 0 Å². The molecule has 1 aromatic carbocycles. The third-order valence-electron chi connectivity index (χ3n) is 4.54. The summed E-state index contributed by atoms with van der Waals surface area (Å²) in [5.74, 6) is -0.370. The molecule has 3 N–H and O–H groups in total. The molecule has 0 bridgehead atoms. The lowest BCUT2D eigenvalue weighted by Gasteiger charge is -2.29. The highest BCUT2D eigenvalue weighted by Gasteiger charge is 2.37. The lowest BCUT2D eigenvalue weighted by Crippen LogP contribution is -2.41. The van der Waals surface area contributed by atoms with Crippen LogP contribution in [0, 0.1) is 6.92 Å². The summed E-state index contributed by atoms with van der Waals surface area (Å²) >= 11 is 1.63. The number of carbonyl (C=O) groups excluding carboxylic acids is 1. The number of β-amino-alcohol motifs (C(OH)–C–C–N with tert-alkyl or cyclic N) is 1. The molecule has 0 saturated carbocycles. The summed E-state index contributed by atoms with van der Waals surface area (Å²) in [6.07, 6.45) is -0.0771. The summed E-state index contributed by atoms with van der Waals surface area (Å²) in [6, 6.07) is 7.93. The van der Waals surface area contributed by atoms with Gasteiger partial charge in [0.2, 0.25) is 5.91 Å². The van der Waals surface area contributed by atoms with Gasteiger partial charge in [0, 0.05) is 12.6 Å². The van der Waals surface area contributed by atoms with Crippen molar-refractivity contribution in [3.05, 3.63) is 41.0 Å². The zero-order chi connectivity index (χ0) is 16.6. The van der Waals surface area contributed by atoms with Crippen molar-refractivity contribution in [3.8, 4) is 10.4 Å². The molecule has 3 atom stereocenters. The molecule has 1 aromatic heterocycles. The normalized spacial score (nSPS) is 23.1. The fraction of sp³-hybridized carbons (Fsp3) is 0.412. The Kier molecular flexibility index (Phi) is 4.48. The zero-order valence-electron chi connectivity index (χ0n) is 13.3. The van der Waals surface area contributed by atoms with Gasteiger partial charge in [-0.3, -0.25) is 9.69 Å². The first-order chi connectivity index (χ1) is 11.0. The van der Waals surface area contributed by atoms with Crippen molar-refractivity contribution < 1.29 is 9.90 Å². The van der Waals surface area contributed by atoms with Crippen LogP contribution in [0.15, 0.2) is 29.8 Å². The van der Waals surface area contributed by atoms with E-state index in [1.807, 2.05) is 24.3 Å². The molecule has 0 aliphatic carbocycles. The van der Waals surface area contributed by atoms with Crippen LogP contribution in [0.5, 0.6) is 0 Å². The highest BCUT2D eigenvalue weighted by atomic mass is 32.1. The van der Waals surface area contributed by atoms with Crippen LogP contribution >= 0.6 is 11.3 Å². The van der Waals surface area contributed by atoms with E-state index in [2.05, 4.69) is 29.2 Å². The lowest BCUT2D eigenvalue weighted by atomic mass is 10.0. The monoisotopic (exact) mass is 331 g/mol. The minimum Gasteiger partial charge on any atom is -0.392 e. The second kappa shape index (κ2) is 6.39. The molecular formula is C17H21N3O2S. The number of amides is 1. The molecule has 122 valence electrons. The van der Waals surface area contributed by atoms with E-state index >= 15 is 0 Å². The molecule has 1 aliphatic rings. The average Bonchev–Trinajstić information content (AvgIpc) is 3.12. The molecule has 1 aliphatic heterocycles. The summed E-state index contributed by atoms with van der Waals surface area (Å²) in [7, 11) is 0. The van der Waals surface area contributed by atoms with Crippen molar-refractivity contribution in [2.45, 2.75) is 38.5 Å². The van der Waals surface area contributed by atoms with Crippen LogP contribution in [-0.2, 0) is 4.79 Å². The molecule has 1 saturated heterocycles. The third kappa shape index (κ3) is 3.15. The van der Waals surface area contributed by atoms with Crippen LogP contribution in [0.25, 0.3) is 10.4 Å².